The molecule has 27 heavy (non-hydrogen) atoms. The van der Waals surface area contributed by atoms with Gasteiger partial charge in [-0.3, -0.25) is 14.7 Å². The number of aromatic nitrogens is 3. The smallest absolute Gasteiger partial charge is 0.273 e. The van der Waals surface area contributed by atoms with Gasteiger partial charge in [0.15, 0.2) is 5.65 Å². The van der Waals surface area contributed by atoms with Gasteiger partial charge in [0.05, 0.1) is 5.69 Å². The summed E-state index contributed by atoms with van der Waals surface area (Å²) in [5, 5.41) is 5.54. The normalized spacial score (nSPS) is 10.9. The Morgan fingerprint density at radius 2 is 1.93 bits per heavy atom. The van der Waals surface area contributed by atoms with Crippen molar-refractivity contribution in [3.05, 3.63) is 94.2 Å². The zero-order valence-electron chi connectivity index (χ0n) is 14.1. The largest absolute Gasteiger partial charge is 0.348 e. The molecule has 2 N–H and O–H groups in total. The SMILES string of the molecule is O=C(NCc1ccccc1)c1c[nH]n2c(=O)cc(-c3cccc(F)c3)nc12. The highest BCUT2D eigenvalue weighted by Gasteiger charge is 2.16. The van der Waals surface area contributed by atoms with Crippen molar-refractivity contribution in [2.24, 2.45) is 0 Å². The summed E-state index contributed by atoms with van der Waals surface area (Å²) in [6, 6.07) is 16.6. The maximum Gasteiger partial charge on any atom is 0.273 e. The van der Waals surface area contributed by atoms with E-state index in [1.165, 1.54) is 28.9 Å². The first-order valence-corrected chi connectivity index (χ1v) is 8.31. The molecule has 0 unspecified atom stereocenters. The molecular formula is C20H15FN4O2. The zero-order valence-corrected chi connectivity index (χ0v) is 14.1. The van der Waals surface area contributed by atoms with Gasteiger partial charge in [0, 0.05) is 24.4 Å². The molecule has 2 heterocycles. The van der Waals surface area contributed by atoms with Crippen LogP contribution >= 0.6 is 0 Å². The van der Waals surface area contributed by atoms with Crippen LogP contribution in [0.2, 0.25) is 0 Å². The van der Waals surface area contributed by atoms with Crippen molar-refractivity contribution in [3.63, 3.8) is 0 Å². The first-order chi connectivity index (χ1) is 13.1. The van der Waals surface area contributed by atoms with Crippen LogP contribution in [0.4, 0.5) is 4.39 Å². The number of amides is 1. The van der Waals surface area contributed by atoms with Crippen LogP contribution in [0, 0.1) is 5.82 Å². The minimum atomic E-state index is -0.426. The van der Waals surface area contributed by atoms with Crippen molar-refractivity contribution >= 4 is 11.6 Å². The molecule has 0 fully saturated rings. The predicted octanol–water partition coefficient (Wildman–Crippen LogP) is 2.76. The average Bonchev–Trinajstić information content (AvgIpc) is 3.12. The Balaban J connectivity index is 1.69. The van der Waals surface area contributed by atoms with Crippen molar-refractivity contribution in [3.8, 4) is 11.3 Å². The van der Waals surface area contributed by atoms with Crippen LogP contribution in [0.5, 0.6) is 0 Å². The molecule has 0 aliphatic rings. The van der Waals surface area contributed by atoms with Gasteiger partial charge < -0.3 is 5.32 Å². The minimum absolute atomic E-state index is 0.187. The maximum atomic E-state index is 13.5. The van der Waals surface area contributed by atoms with Gasteiger partial charge in [-0.1, -0.05) is 42.5 Å². The number of H-pyrrole nitrogens is 1. The topological polar surface area (TPSA) is 79.3 Å². The highest BCUT2D eigenvalue weighted by atomic mass is 19.1. The summed E-state index contributed by atoms with van der Waals surface area (Å²) >= 11 is 0. The molecule has 0 bridgehead atoms. The number of hydrogen-bond acceptors (Lipinski definition) is 3. The second-order valence-electron chi connectivity index (χ2n) is 6.00. The molecule has 0 spiro atoms. The van der Waals surface area contributed by atoms with Crippen molar-refractivity contribution in [2.75, 3.05) is 0 Å². The quantitative estimate of drug-likeness (QED) is 0.586. The summed E-state index contributed by atoms with van der Waals surface area (Å²) in [6.45, 7) is 0.352. The Labute approximate surface area is 153 Å². The molecular weight excluding hydrogens is 347 g/mol. The number of carbonyl (C=O) groups excluding carboxylic acids is 1. The number of nitrogens with zero attached hydrogens (tertiary/aromatic N) is 2. The van der Waals surface area contributed by atoms with Crippen molar-refractivity contribution in [1.29, 1.82) is 0 Å². The maximum absolute atomic E-state index is 13.5. The molecule has 2 aromatic carbocycles. The van der Waals surface area contributed by atoms with Crippen molar-refractivity contribution in [1.82, 2.24) is 19.9 Å². The van der Waals surface area contributed by atoms with E-state index in [0.29, 0.717) is 17.8 Å². The fourth-order valence-electron chi connectivity index (χ4n) is 2.82. The first-order valence-electron chi connectivity index (χ1n) is 8.31. The van der Waals surface area contributed by atoms with Gasteiger partial charge in [0.2, 0.25) is 0 Å². The highest BCUT2D eigenvalue weighted by molar-refractivity contribution is 5.99. The molecule has 0 atom stereocenters. The number of carbonyl (C=O) groups is 1. The third kappa shape index (κ3) is 3.35. The lowest BCUT2D eigenvalue weighted by Gasteiger charge is -2.05. The van der Waals surface area contributed by atoms with Gasteiger partial charge >= 0.3 is 0 Å². The molecule has 0 saturated carbocycles. The molecule has 0 aliphatic carbocycles. The summed E-state index contributed by atoms with van der Waals surface area (Å²) in [7, 11) is 0. The molecule has 2 aromatic heterocycles. The second-order valence-corrected chi connectivity index (χ2v) is 6.00. The number of nitrogens with one attached hydrogen (secondary N) is 2. The van der Waals surface area contributed by atoms with Crippen LogP contribution in [-0.4, -0.2) is 20.5 Å². The Morgan fingerprint density at radius 1 is 1.11 bits per heavy atom. The standard InChI is InChI=1S/C20H15FN4O2/c21-15-8-4-7-14(9-15)17-10-18(26)25-19(24-17)16(12-23-25)20(27)22-11-13-5-2-1-3-6-13/h1-10,12,23H,11H2,(H,22,27). The molecule has 134 valence electrons. The number of benzene rings is 2. The number of aromatic amines is 1. The van der Waals surface area contributed by atoms with Crippen LogP contribution in [-0.2, 0) is 6.54 Å². The lowest BCUT2D eigenvalue weighted by Crippen LogP contribution is -2.23. The van der Waals surface area contributed by atoms with Crippen molar-refractivity contribution in [2.45, 2.75) is 6.54 Å². The lowest BCUT2D eigenvalue weighted by molar-refractivity contribution is 0.0952. The molecule has 0 radical (unpaired) electrons. The van der Waals surface area contributed by atoms with E-state index in [0.717, 1.165) is 5.56 Å². The predicted molar refractivity (Wildman–Crippen MR) is 98.8 cm³/mol. The third-order valence-electron chi connectivity index (χ3n) is 4.16. The molecule has 7 heteroatoms. The van der Waals surface area contributed by atoms with E-state index in [1.54, 1.807) is 12.1 Å². The van der Waals surface area contributed by atoms with Gasteiger partial charge in [0.1, 0.15) is 11.4 Å². The number of hydrogen-bond donors (Lipinski definition) is 2. The Morgan fingerprint density at radius 3 is 2.70 bits per heavy atom. The van der Waals surface area contributed by atoms with Gasteiger partial charge in [-0.05, 0) is 17.7 Å². The summed E-state index contributed by atoms with van der Waals surface area (Å²) in [5.41, 5.74) is 1.76. The van der Waals surface area contributed by atoms with Crippen LogP contribution < -0.4 is 10.9 Å². The summed E-state index contributed by atoms with van der Waals surface area (Å²) in [4.78, 5) is 29.3. The van der Waals surface area contributed by atoms with Gasteiger partial charge in [-0.25, -0.2) is 13.9 Å². The molecule has 6 nitrogen and oxygen atoms in total. The first kappa shape index (κ1) is 16.7. The molecule has 4 aromatic rings. The molecule has 0 saturated heterocycles. The Bertz CT molecular complexity index is 1180. The molecule has 0 aliphatic heterocycles. The lowest BCUT2D eigenvalue weighted by atomic mass is 10.1. The third-order valence-corrected chi connectivity index (χ3v) is 4.16. The fraction of sp³-hybridized carbons (Fsp3) is 0.0500. The van der Waals surface area contributed by atoms with Crippen LogP contribution in [0.25, 0.3) is 16.9 Å². The zero-order chi connectivity index (χ0) is 18.8. The van der Waals surface area contributed by atoms with E-state index in [1.807, 2.05) is 30.3 Å². The summed E-state index contributed by atoms with van der Waals surface area (Å²) < 4.78 is 14.7. The molecule has 1 amide bonds. The van der Waals surface area contributed by atoms with Crippen LogP contribution in [0.3, 0.4) is 0 Å². The van der Waals surface area contributed by atoms with Gasteiger partial charge in [-0.2, -0.15) is 0 Å². The van der Waals surface area contributed by atoms with E-state index in [-0.39, 0.29) is 22.7 Å². The number of fused-ring (bicyclic) bond motifs is 1. The van der Waals surface area contributed by atoms with E-state index in [9.17, 15) is 14.0 Å². The van der Waals surface area contributed by atoms with Crippen LogP contribution in [0.15, 0.2) is 71.7 Å². The van der Waals surface area contributed by atoms with Crippen molar-refractivity contribution < 1.29 is 9.18 Å². The van der Waals surface area contributed by atoms with E-state index >= 15 is 0 Å². The van der Waals surface area contributed by atoms with E-state index in [2.05, 4.69) is 15.4 Å². The monoisotopic (exact) mass is 362 g/mol. The van der Waals surface area contributed by atoms with Gasteiger partial charge in [0.25, 0.3) is 11.5 Å². The second kappa shape index (κ2) is 6.87. The fourth-order valence-corrected chi connectivity index (χ4v) is 2.82. The van der Waals surface area contributed by atoms with Crippen LogP contribution in [0.1, 0.15) is 15.9 Å². The minimum Gasteiger partial charge on any atom is -0.348 e. The Hall–Kier alpha value is -3.74. The molecule has 4 rings (SSSR count). The summed E-state index contributed by atoms with van der Waals surface area (Å²) in [5.74, 6) is -0.787. The Kier molecular flexibility index (Phi) is 4.25. The summed E-state index contributed by atoms with van der Waals surface area (Å²) in [6.07, 6.45) is 1.43. The van der Waals surface area contributed by atoms with Gasteiger partial charge in [-0.15, -0.1) is 0 Å². The van der Waals surface area contributed by atoms with E-state index in [4.69, 9.17) is 0 Å². The average molecular weight is 362 g/mol. The number of halogens is 1. The highest BCUT2D eigenvalue weighted by Crippen LogP contribution is 2.18. The van der Waals surface area contributed by atoms with E-state index < -0.39 is 5.82 Å². The number of rotatable bonds is 4.